The first-order valence-electron chi connectivity index (χ1n) is 4.82. The smallest absolute Gasteiger partial charge is 0.275 e. The summed E-state index contributed by atoms with van der Waals surface area (Å²) in [6.07, 6.45) is 1.30. The standard InChI is InChI=1S/C11H10N2O4/c1-17-8-4-2-3-6(9(8)14)5-7-10(15)12-13-11(7)16/h2-5,14H,1H3,(H,12,15)(H,13,16). The predicted molar refractivity (Wildman–Crippen MR) is 58.9 cm³/mol. The number of phenolic OH excluding ortho intramolecular Hbond substituents is 1. The van der Waals surface area contributed by atoms with Gasteiger partial charge in [0, 0.05) is 5.56 Å². The summed E-state index contributed by atoms with van der Waals surface area (Å²) in [7, 11) is 1.42. The highest BCUT2D eigenvalue weighted by Gasteiger charge is 2.25. The van der Waals surface area contributed by atoms with E-state index < -0.39 is 11.8 Å². The lowest BCUT2D eigenvalue weighted by molar-refractivity contribution is -0.117. The van der Waals surface area contributed by atoms with Crippen molar-refractivity contribution in [3.8, 4) is 11.5 Å². The Kier molecular flexibility index (Phi) is 2.70. The van der Waals surface area contributed by atoms with E-state index in [9.17, 15) is 14.7 Å². The van der Waals surface area contributed by atoms with Crippen molar-refractivity contribution in [3.05, 3.63) is 29.3 Å². The molecular formula is C11H10N2O4. The molecule has 0 saturated carbocycles. The van der Waals surface area contributed by atoms with Crippen molar-refractivity contribution in [1.82, 2.24) is 10.9 Å². The second-order valence-corrected chi connectivity index (χ2v) is 3.36. The molecule has 1 aromatic rings. The molecule has 0 aliphatic carbocycles. The van der Waals surface area contributed by atoms with Gasteiger partial charge in [0.2, 0.25) is 0 Å². The molecule has 6 heteroatoms. The SMILES string of the molecule is COc1cccc(C=C2C(=O)NNC2=O)c1O. The average molecular weight is 234 g/mol. The third kappa shape index (κ3) is 1.92. The second kappa shape index (κ2) is 4.17. The van der Waals surface area contributed by atoms with Gasteiger partial charge in [-0.2, -0.15) is 0 Å². The van der Waals surface area contributed by atoms with Gasteiger partial charge in [-0.15, -0.1) is 0 Å². The monoisotopic (exact) mass is 234 g/mol. The highest BCUT2D eigenvalue weighted by Crippen LogP contribution is 2.31. The summed E-state index contributed by atoms with van der Waals surface area (Å²) in [5.41, 5.74) is 4.61. The Bertz CT molecular complexity index is 504. The highest BCUT2D eigenvalue weighted by molar-refractivity contribution is 6.25. The van der Waals surface area contributed by atoms with Gasteiger partial charge < -0.3 is 9.84 Å². The molecule has 1 aromatic carbocycles. The first-order valence-corrected chi connectivity index (χ1v) is 4.82. The fourth-order valence-electron chi connectivity index (χ4n) is 1.46. The molecule has 0 bridgehead atoms. The normalized spacial score (nSPS) is 14.3. The van der Waals surface area contributed by atoms with Crippen molar-refractivity contribution in [2.24, 2.45) is 0 Å². The maximum absolute atomic E-state index is 11.3. The van der Waals surface area contributed by atoms with Crippen LogP contribution in [0.4, 0.5) is 0 Å². The molecule has 0 radical (unpaired) electrons. The zero-order valence-corrected chi connectivity index (χ0v) is 8.98. The van der Waals surface area contributed by atoms with Gasteiger partial charge in [0.15, 0.2) is 11.5 Å². The Morgan fingerprint density at radius 1 is 1.24 bits per heavy atom. The molecule has 1 fully saturated rings. The molecule has 3 N–H and O–H groups in total. The quantitative estimate of drug-likeness (QED) is 0.494. The van der Waals surface area contributed by atoms with E-state index in [4.69, 9.17) is 4.74 Å². The zero-order chi connectivity index (χ0) is 12.4. The van der Waals surface area contributed by atoms with Gasteiger partial charge in [-0.1, -0.05) is 12.1 Å². The number of ether oxygens (including phenoxy) is 1. The summed E-state index contributed by atoms with van der Waals surface area (Å²) in [4.78, 5) is 22.6. The molecular weight excluding hydrogens is 224 g/mol. The lowest BCUT2D eigenvalue weighted by Crippen LogP contribution is -2.28. The van der Waals surface area contributed by atoms with Gasteiger partial charge in [-0.05, 0) is 12.1 Å². The number of rotatable bonds is 2. The number of amides is 2. The fourth-order valence-corrected chi connectivity index (χ4v) is 1.46. The molecule has 1 saturated heterocycles. The Balaban J connectivity index is 2.45. The number of hydrazine groups is 1. The van der Waals surface area contributed by atoms with Gasteiger partial charge in [0.1, 0.15) is 5.57 Å². The van der Waals surface area contributed by atoms with Crippen LogP contribution in [0, 0.1) is 0 Å². The van der Waals surface area contributed by atoms with Crippen LogP contribution in [0.15, 0.2) is 23.8 Å². The van der Waals surface area contributed by atoms with E-state index in [2.05, 4.69) is 10.9 Å². The lowest BCUT2D eigenvalue weighted by Gasteiger charge is -2.05. The number of hydrogen-bond acceptors (Lipinski definition) is 4. The molecule has 88 valence electrons. The van der Waals surface area contributed by atoms with Gasteiger partial charge in [-0.25, -0.2) is 0 Å². The summed E-state index contributed by atoms with van der Waals surface area (Å²) >= 11 is 0. The summed E-state index contributed by atoms with van der Waals surface area (Å²) in [5.74, 6) is -0.900. The minimum Gasteiger partial charge on any atom is -0.504 e. The molecule has 0 unspecified atom stereocenters. The van der Waals surface area contributed by atoms with Crippen LogP contribution in [0.2, 0.25) is 0 Å². The van der Waals surface area contributed by atoms with Gasteiger partial charge >= 0.3 is 0 Å². The van der Waals surface area contributed by atoms with Crippen molar-refractivity contribution in [1.29, 1.82) is 0 Å². The number of phenols is 1. The fraction of sp³-hybridized carbons (Fsp3) is 0.0909. The number of para-hydroxylation sites is 1. The van der Waals surface area contributed by atoms with Crippen molar-refractivity contribution in [2.45, 2.75) is 0 Å². The van der Waals surface area contributed by atoms with E-state index in [1.165, 1.54) is 13.2 Å². The van der Waals surface area contributed by atoms with Crippen LogP contribution in [0.5, 0.6) is 11.5 Å². The predicted octanol–water partition coefficient (Wildman–Crippen LogP) is -0.0548. The molecule has 2 amide bonds. The number of benzene rings is 1. The zero-order valence-electron chi connectivity index (χ0n) is 8.98. The minimum atomic E-state index is -0.530. The summed E-state index contributed by atoms with van der Waals surface area (Å²) in [6.45, 7) is 0. The number of carbonyl (C=O) groups excluding carboxylic acids is 2. The number of carbonyl (C=O) groups is 2. The van der Waals surface area contributed by atoms with E-state index >= 15 is 0 Å². The summed E-state index contributed by atoms with van der Waals surface area (Å²) in [5, 5.41) is 9.79. The van der Waals surface area contributed by atoms with Crippen LogP contribution in [0.3, 0.4) is 0 Å². The summed E-state index contributed by atoms with van der Waals surface area (Å²) < 4.78 is 4.92. The van der Waals surface area contributed by atoms with Gasteiger partial charge in [-0.3, -0.25) is 20.4 Å². The van der Waals surface area contributed by atoms with Crippen molar-refractivity contribution < 1.29 is 19.4 Å². The van der Waals surface area contributed by atoms with Crippen LogP contribution >= 0.6 is 0 Å². The lowest BCUT2D eigenvalue weighted by atomic mass is 10.1. The molecule has 1 aliphatic rings. The Morgan fingerprint density at radius 3 is 2.47 bits per heavy atom. The van der Waals surface area contributed by atoms with Crippen LogP contribution < -0.4 is 15.6 Å². The number of methoxy groups -OCH3 is 1. The van der Waals surface area contributed by atoms with Crippen LogP contribution in [-0.2, 0) is 9.59 Å². The first kappa shape index (κ1) is 11.0. The maximum Gasteiger partial charge on any atom is 0.275 e. The molecule has 2 rings (SSSR count). The van der Waals surface area contributed by atoms with E-state index in [1.807, 2.05) is 0 Å². The van der Waals surface area contributed by atoms with E-state index in [1.54, 1.807) is 18.2 Å². The van der Waals surface area contributed by atoms with E-state index in [-0.39, 0.29) is 17.1 Å². The number of hydrogen-bond donors (Lipinski definition) is 3. The van der Waals surface area contributed by atoms with Crippen molar-refractivity contribution >= 4 is 17.9 Å². The Morgan fingerprint density at radius 2 is 1.88 bits per heavy atom. The van der Waals surface area contributed by atoms with Gasteiger partial charge in [0.25, 0.3) is 11.8 Å². The summed E-state index contributed by atoms with van der Waals surface area (Å²) in [6, 6.07) is 4.80. The largest absolute Gasteiger partial charge is 0.504 e. The molecule has 17 heavy (non-hydrogen) atoms. The topological polar surface area (TPSA) is 87.7 Å². The molecule has 0 spiro atoms. The number of nitrogens with one attached hydrogen (secondary N) is 2. The third-order valence-corrected chi connectivity index (χ3v) is 2.33. The van der Waals surface area contributed by atoms with Crippen LogP contribution in [-0.4, -0.2) is 24.0 Å². The number of aromatic hydroxyl groups is 1. The first-order chi connectivity index (χ1) is 8.13. The Labute approximate surface area is 96.9 Å². The van der Waals surface area contributed by atoms with Crippen LogP contribution in [0.25, 0.3) is 6.08 Å². The second-order valence-electron chi connectivity index (χ2n) is 3.36. The van der Waals surface area contributed by atoms with Crippen molar-refractivity contribution in [2.75, 3.05) is 7.11 Å². The molecule has 6 nitrogen and oxygen atoms in total. The maximum atomic E-state index is 11.3. The van der Waals surface area contributed by atoms with Crippen LogP contribution in [0.1, 0.15) is 5.56 Å². The molecule has 0 aromatic heterocycles. The van der Waals surface area contributed by atoms with Crippen molar-refractivity contribution in [3.63, 3.8) is 0 Å². The van der Waals surface area contributed by atoms with E-state index in [0.717, 1.165) is 0 Å². The van der Waals surface area contributed by atoms with E-state index in [0.29, 0.717) is 5.56 Å². The van der Waals surface area contributed by atoms with Gasteiger partial charge in [0.05, 0.1) is 7.11 Å². The molecule has 1 heterocycles. The highest BCUT2D eigenvalue weighted by atomic mass is 16.5. The molecule has 1 aliphatic heterocycles. The third-order valence-electron chi connectivity index (χ3n) is 2.33. The minimum absolute atomic E-state index is 0.0615. The molecule has 0 atom stereocenters. The Hall–Kier alpha value is -2.50. The average Bonchev–Trinajstić information content (AvgIpc) is 2.63.